The molecule has 0 aliphatic rings. The summed E-state index contributed by atoms with van der Waals surface area (Å²) in [4.78, 5) is 0. The van der Waals surface area contributed by atoms with E-state index >= 15 is 0 Å². The Morgan fingerprint density at radius 1 is 1.50 bits per heavy atom. The van der Waals surface area contributed by atoms with Crippen molar-refractivity contribution in [2.24, 2.45) is 0 Å². The SMILES string of the molecule is COCc1c(F)ccc(C)c1Cl. The molecule has 0 unspecified atom stereocenters. The van der Waals surface area contributed by atoms with E-state index in [1.54, 1.807) is 6.07 Å². The Hall–Kier alpha value is -0.600. The first-order chi connectivity index (χ1) is 5.66. The number of benzene rings is 1. The molecule has 0 N–H and O–H groups in total. The average Bonchev–Trinajstić information content (AvgIpc) is 2.06. The van der Waals surface area contributed by atoms with E-state index in [0.29, 0.717) is 10.6 Å². The first kappa shape index (κ1) is 9.49. The second-order valence-electron chi connectivity index (χ2n) is 2.59. The molecule has 3 heteroatoms. The molecule has 0 saturated heterocycles. The van der Waals surface area contributed by atoms with Crippen LogP contribution in [0.2, 0.25) is 5.02 Å². The molecule has 0 bridgehead atoms. The molecule has 0 aromatic heterocycles. The van der Waals surface area contributed by atoms with Crippen molar-refractivity contribution in [2.45, 2.75) is 13.5 Å². The van der Waals surface area contributed by atoms with E-state index in [1.165, 1.54) is 13.2 Å². The molecule has 1 rings (SSSR count). The Morgan fingerprint density at radius 3 is 2.75 bits per heavy atom. The largest absolute Gasteiger partial charge is 0.380 e. The fourth-order valence-electron chi connectivity index (χ4n) is 0.991. The predicted molar refractivity (Wildman–Crippen MR) is 46.9 cm³/mol. The molecule has 0 amide bonds. The molecule has 1 aromatic rings. The first-order valence-electron chi connectivity index (χ1n) is 3.59. The van der Waals surface area contributed by atoms with Crippen molar-refractivity contribution in [3.8, 4) is 0 Å². The fraction of sp³-hybridized carbons (Fsp3) is 0.333. The monoisotopic (exact) mass is 188 g/mol. The third-order valence-electron chi connectivity index (χ3n) is 1.67. The molecule has 0 spiro atoms. The summed E-state index contributed by atoms with van der Waals surface area (Å²) in [5.74, 6) is -0.313. The fourth-order valence-corrected chi connectivity index (χ4v) is 1.20. The zero-order valence-corrected chi connectivity index (χ0v) is 7.78. The lowest BCUT2D eigenvalue weighted by atomic mass is 10.1. The minimum atomic E-state index is -0.313. The van der Waals surface area contributed by atoms with Crippen molar-refractivity contribution >= 4 is 11.6 Å². The molecule has 0 heterocycles. The number of hydrogen-bond acceptors (Lipinski definition) is 1. The highest BCUT2D eigenvalue weighted by Crippen LogP contribution is 2.23. The van der Waals surface area contributed by atoms with Crippen molar-refractivity contribution in [2.75, 3.05) is 7.11 Å². The van der Waals surface area contributed by atoms with Gasteiger partial charge in [0.2, 0.25) is 0 Å². The third-order valence-corrected chi connectivity index (χ3v) is 2.19. The smallest absolute Gasteiger partial charge is 0.130 e. The summed E-state index contributed by atoms with van der Waals surface area (Å²) in [6.07, 6.45) is 0. The maximum absolute atomic E-state index is 13.1. The van der Waals surface area contributed by atoms with E-state index in [9.17, 15) is 4.39 Å². The molecule has 66 valence electrons. The third kappa shape index (κ3) is 1.76. The van der Waals surface area contributed by atoms with Gasteiger partial charge in [-0.15, -0.1) is 0 Å². The van der Waals surface area contributed by atoms with Gasteiger partial charge in [-0.25, -0.2) is 4.39 Å². The van der Waals surface area contributed by atoms with E-state index in [-0.39, 0.29) is 12.4 Å². The Labute approximate surface area is 76.1 Å². The van der Waals surface area contributed by atoms with Crippen LogP contribution in [0.1, 0.15) is 11.1 Å². The highest BCUT2D eigenvalue weighted by atomic mass is 35.5. The number of rotatable bonds is 2. The minimum absolute atomic E-state index is 0.215. The van der Waals surface area contributed by atoms with Crippen LogP contribution in [0.15, 0.2) is 12.1 Å². The van der Waals surface area contributed by atoms with Crippen molar-refractivity contribution in [1.29, 1.82) is 0 Å². The van der Waals surface area contributed by atoms with E-state index in [0.717, 1.165) is 5.56 Å². The van der Waals surface area contributed by atoms with Crippen molar-refractivity contribution in [3.05, 3.63) is 34.1 Å². The molecule has 0 aliphatic carbocycles. The topological polar surface area (TPSA) is 9.23 Å². The summed E-state index contributed by atoms with van der Waals surface area (Å²) in [7, 11) is 1.51. The maximum Gasteiger partial charge on any atom is 0.130 e. The van der Waals surface area contributed by atoms with Gasteiger partial charge < -0.3 is 4.74 Å². The number of aryl methyl sites for hydroxylation is 1. The minimum Gasteiger partial charge on any atom is -0.380 e. The molecule has 1 aromatic carbocycles. The highest BCUT2D eigenvalue weighted by Gasteiger charge is 2.08. The Balaban J connectivity index is 3.14. The number of ether oxygens (including phenoxy) is 1. The zero-order valence-electron chi connectivity index (χ0n) is 7.03. The van der Waals surface area contributed by atoms with Crippen molar-refractivity contribution in [3.63, 3.8) is 0 Å². The predicted octanol–water partition coefficient (Wildman–Crippen LogP) is 2.93. The molecule has 12 heavy (non-hydrogen) atoms. The van der Waals surface area contributed by atoms with Gasteiger partial charge in [-0.2, -0.15) is 0 Å². The van der Waals surface area contributed by atoms with Crippen LogP contribution >= 0.6 is 11.6 Å². The van der Waals surface area contributed by atoms with E-state index in [4.69, 9.17) is 16.3 Å². The molecule has 0 fully saturated rings. The Kier molecular flexibility index (Phi) is 3.06. The lowest BCUT2D eigenvalue weighted by Gasteiger charge is -2.06. The van der Waals surface area contributed by atoms with E-state index in [2.05, 4.69) is 0 Å². The van der Waals surface area contributed by atoms with Gasteiger partial charge in [-0.3, -0.25) is 0 Å². The molecular weight excluding hydrogens is 179 g/mol. The maximum atomic E-state index is 13.1. The van der Waals surface area contributed by atoms with Crippen LogP contribution in [-0.4, -0.2) is 7.11 Å². The van der Waals surface area contributed by atoms with Crippen LogP contribution in [0.4, 0.5) is 4.39 Å². The summed E-state index contributed by atoms with van der Waals surface area (Å²) in [5.41, 5.74) is 1.30. The second kappa shape index (κ2) is 3.87. The van der Waals surface area contributed by atoms with Gasteiger partial charge in [0.25, 0.3) is 0 Å². The van der Waals surface area contributed by atoms with Gasteiger partial charge in [-0.1, -0.05) is 17.7 Å². The lowest BCUT2D eigenvalue weighted by molar-refractivity contribution is 0.181. The van der Waals surface area contributed by atoms with Gasteiger partial charge in [-0.05, 0) is 18.6 Å². The molecule has 0 saturated carbocycles. The van der Waals surface area contributed by atoms with Gasteiger partial charge in [0.05, 0.1) is 11.6 Å². The Bertz CT molecular complexity index is 286. The second-order valence-corrected chi connectivity index (χ2v) is 2.97. The lowest BCUT2D eigenvalue weighted by Crippen LogP contribution is -1.95. The molecule has 0 aliphatic heterocycles. The van der Waals surface area contributed by atoms with Crippen molar-refractivity contribution in [1.82, 2.24) is 0 Å². The molecule has 0 radical (unpaired) electrons. The highest BCUT2D eigenvalue weighted by molar-refractivity contribution is 6.32. The van der Waals surface area contributed by atoms with Gasteiger partial charge in [0.15, 0.2) is 0 Å². The number of methoxy groups -OCH3 is 1. The van der Waals surface area contributed by atoms with E-state index in [1.807, 2.05) is 6.92 Å². The molecule has 0 atom stereocenters. The Morgan fingerprint density at radius 2 is 2.17 bits per heavy atom. The summed E-state index contributed by atoms with van der Waals surface area (Å²) in [6.45, 7) is 2.05. The van der Waals surface area contributed by atoms with Crippen LogP contribution in [0.25, 0.3) is 0 Å². The van der Waals surface area contributed by atoms with Crippen LogP contribution in [-0.2, 0) is 11.3 Å². The summed E-state index contributed by atoms with van der Waals surface area (Å²) in [5, 5.41) is 0.455. The van der Waals surface area contributed by atoms with Crippen LogP contribution in [0.5, 0.6) is 0 Å². The zero-order chi connectivity index (χ0) is 9.14. The molecular formula is C9H10ClFO. The summed E-state index contributed by atoms with van der Waals surface area (Å²) < 4.78 is 17.9. The normalized spacial score (nSPS) is 10.3. The average molecular weight is 189 g/mol. The standard InChI is InChI=1S/C9H10ClFO/c1-6-3-4-8(11)7(5-12-2)9(6)10/h3-4H,5H2,1-2H3. The first-order valence-corrected chi connectivity index (χ1v) is 3.97. The van der Waals surface area contributed by atoms with Gasteiger partial charge >= 0.3 is 0 Å². The molecule has 1 nitrogen and oxygen atoms in total. The van der Waals surface area contributed by atoms with Crippen LogP contribution < -0.4 is 0 Å². The summed E-state index contributed by atoms with van der Waals surface area (Å²) in [6, 6.07) is 3.05. The van der Waals surface area contributed by atoms with Crippen LogP contribution in [0.3, 0.4) is 0 Å². The number of halogens is 2. The van der Waals surface area contributed by atoms with E-state index < -0.39 is 0 Å². The van der Waals surface area contributed by atoms with Gasteiger partial charge in [0.1, 0.15) is 5.82 Å². The quantitative estimate of drug-likeness (QED) is 0.694. The van der Waals surface area contributed by atoms with Crippen molar-refractivity contribution < 1.29 is 9.13 Å². The van der Waals surface area contributed by atoms with Gasteiger partial charge in [0, 0.05) is 12.7 Å². The van der Waals surface area contributed by atoms with Crippen LogP contribution in [0, 0.1) is 12.7 Å². The summed E-state index contributed by atoms with van der Waals surface area (Å²) >= 11 is 5.86. The number of hydrogen-bond donors (Lipinski definition) is 0.